The maximum Gasteiger partial charge on any atom is 0.239 e. The average molecular weight is 288 g/mol. The van der Waals surface area contributed by atoms with E-state index in [0.29, 0.717) is 19.0 Å². The van der Waals surface area contributed by atoms with Crippen LogP contribution in [-0.2, 0) is 11.3 Å². The summed E-state index contributed by atoms with van der Waals surface area (Å²) in [5.41, 5.74) is 2.28. The molecule has 0 bridgehead atoms. The summed E-state index contributed by atoms with van der Waals surface area (Å²) >= 11 is 1.65. The molecule has 1 heterocycles. The fourth-order valence-corrected chi connectivity index (χ4v) is 2.47. The van der Waals surface area contributed by atoms with Crippen LogP contribution >= 0.6 is 11.3 Å². The smallest absolute Gasteiger partial charge is 0.239 e. The molecule has 2 N–H and O–H groups in total. The predicted molar refractivity (Wildman–Crippen MR) is 85.2 cm³/mol. The van der Waals surface area contributed by atoms with Gasteiger partial charge in [0.25, 0.3) is 0 Å². The third-order valence-electron chi connectivity index (χ3n) is 3.07. The standard InChI is InChI=1S/C16H20N2OS/c1-12(2)13-5-7-14(8-6-13)17-11-16(19)18-10-15-4-3-9-20-15/h3-9,12,17H,10-11H2,1-2H3,(H,18,19). The van der Waals surface area contributed by atoms with Gasteiger partial charge in [0.1, 0.15) is 0 Å². The number of carbonyl (C=O) groups excluding carboxylic acids is 1. The van der Waals surface area contributed by atoms with E-state index in [1.54, 1.807) is 11.3 Å². The van der Waals surface area contributed by atoms with Gasteiger partial charge in [0.2, 0.25) is 5.91 Å². The van der Waals surface area contributed by atoms with Crippen LogP contribution in [0.4, 0.5) is 5.69 Å². The van der Waals surface area contributed by atoms with Crippen molar-refractivity contribution in [3.63, 3.8) is 0 Å². The van der Waals surface area contributed by atoms with Crippen LogP contribution in [0.15, 0.2) is 41.8 Å². The van der Waals surface area contributed by atoms with Crippen molar-refractivity contribution < 1.29 is 4.79 Å². The van der Waals surface area contributed by atoms with Gasteiger partial charge in [0.15, 0.2) is 0 Å². The number of hydrogen-bond acceptors (Lipinski definition) is 3. The number of anilines is 1. The minimum Gasteiger partial charge on any atom is -0.376 e. The Balaban J connectivity index is 1.75. The Morgan fingerprint density at radius 3 is 2.55 bits per heavy atom. The predicted octanol–water partition coefficient (Wildman–Crippen LogP) is 3.60. The van der Waals surface area contributed by atoms with Crippen molar-refractivity contribution in [3.05, 3.63) is 52.2 Å². The van der Waals surface area contributed by atoms with Crippen LogP contribution in [0.25, 0.3) is 0 Å². The minimum atomic E-state index is 0.00587. The SMILES string of the molecule is CC(C)c1ccc(NCC(=O)NCc2cccs2)cc1. The number of thiophene rings is 1. The molecule has 1 aromatic carbocycles. The molecular weight excluding hydrogens is 268 g/mol. The Morgan fingerprint density at radius 1 is 1.20 bits per heavy atom. The van der Waals surface area contributed by atoms with Crippen LogP contribution in [0, 0.1) is 0 Å². The Hall–Kier alpha value is -1.81. The lowest BCUT2D eigenvalue weighted by atomic mass is 10.0. The molecule has 106 valence electrons. The van der Waals surface area contributed by atoms with Gasteiger partial charge in [-0.3, -0.25) is 4.79 Å². The lowest BCUT2D eigenvalue weighted by Gasteiger charge is -2.09. The number of benzene rings is 1. The van der Waals surface area contributed by atoms with Crippen molar-refractivity contribution in [2.45, 2.75) is 26.3 Å². The molecule has 0 fully saturated rings. The fraction of sp³-hybridized carbons (Fsp3) is 0.312. The van der Waals surface area contributed by atoms with Gasteiger partial charge in [-0.05, 0) is 35.1 Å². The van der Waals surface area contributed by atoms with Crippen molar-refractivity contribution in [2.24, 2.45) is 0 Å². The van der Waals surface area contributed by atoms with Crippen LogP contribution in [0.1, 0.15) is 30.2 Å². The molecule has 1 amide bonds. The Bertz CT molecular complexity index is 532. The maximum absolute atomic E-state index is 11.7. The normalized spacial score (nSPS) is 10.6. The van der Waals surface area contributed by atoms with Crippen LogP contribution in [0.5, 0.6) is 0 Å². The lowest BCUT2D eigenvalue weighted by molar-refractivity contribution is -0.119. The summed E-state index contributed by atoms with van der Waals surface area (Å²) in [5, 5.41) is 8.04. The molecule has 20 heavy (non-hydrogen) atoms. The van der Waals surface area contributed by atoms with Gasteiger partial charge in [0.05, 0.1) is 13.1 Å². The Kier molecular flexibility index (Phi) is 5.18. The molecular formula is C16H20N2OS. The molecule has 0 radical (unpaired) electrons. The molecule has 0 spiro atoms. The molecule has 1 aromatic heterocycles. The van der Waals surface area contributed by atoms with E-state index in [0.717, 1.165) is 5.69 Å². The fourth-order valence-electron chi connectivity index (χ4n) is 1.83. The molecule has 0 aliphatic heterocycles. The number of carbonyl (C=O) groups is 1. The molecule has 0 aliphatic rings. The molecule has 0 unspecified atom stereocenters. The molecule has 0 saturated carbocycles. The first kappa shape index (κ1) is 14.6. The van der Waals surface area contributed by atoms with Crippen LogP contribution < -0.4 is 10.6 Å². The molecule has 4 heteroatoms. The summed E-state index contributed by atoms with van der Waals surface area (Å²) in [6.07, 6.45) is 0. The van der Waals surface area contributed by atoms with E-state index in [4.69, 9.17) is 0 Å². The summed E-state index contributed by atoms with van der Waals surface area (Å²) in [7, 11) is 0. The monoisotopic (exact) mass is 288 g/mol. The lowest BCUT2D eigenvalue weighted by Crippen LogP contribution is -2.29. The number of rotatable bonds is 6. The van der Waals surface area contributed by atoms with Gasteiger partial charge in [0, 0.05) is 10.6 Å². The second-order valence-corrected chi connectivity index (χ2v) is 6.02. The molecule has 0 saturated heterocycles. The van der Waals surface area contributed by atoms with E-state index in [9.17, 15) is 4.79 Å². The average Bonchev–Trinajstić information content (AvgIpc) is 2.96. The Morgan fingerprint density at radius 2 is 1.95 bits per heavy atom. The van der Waals surface area contributed by atoms with E-state index in [2.05, 4.69) is 36.6 Å². The van der Waals surface area contributed by atoms with E-state index < -0.39 is 0 Å². The van der Waals surface area contributed by atoms with Gasteiger partial charge < -0.3 is 10.6 Å². The van der Waals surface area contributed by atoms with E-state index in [-0.39, 0.29) is 5.91 Å². The molecule has 0 atom stereocenters. The van der Waals surface area contributed by atoms with Crippen molar-refractivity contribution >= 4 is 22.9 Å². The first-order valence-electron chi connectivity index (χ1n) is 6.78. The quantitative estimate of drug-likeness (QED) is 0.852. The molecule has 0 aliphatic carbocycles. The molecule has 2 rings (SSSR count). The van der Waals surface area contributed by atoms with Gasteiger partial charge >= 0.3 is 0 Å². The number of hydrogen-bond donors (Lipinski definition) is 2. The van der Waals surface area contributed by atoms with E-state index >= 15 is 0 Å². The third kappa shape index (κ3) is 4.38. The number of nitrogens with one attached hydrogen (secondary N) is 2. The van der Waals surface area contributed by atoms with Gasteiger partial charge in [-0.2, -0.15) is 0 Å². The maximum atomic E-state index is 11.7. The first-order chi connectivity index (χ1) is 9.65. The molecule has 2 aromatic rings. The number of amides is 1. The van der Waals surface area contributed by atoms with Crippen LogP contribution in [-0.4, -0.2) is 12.5 Å². The highest BCUT2D eigenvalue weighted by Crippen LogP contribution is 2.16. The highest BCUT2D eigenvalue weighted by atomic mass is 32.1. The zero-order chi connectivity index (χ0) is 14.4. The molecule has 3 nitrogen and oxygen atoms in total. The van der Waals surface area contributed by atoms with Gasteiger partial charge in [-0.1, -0.05) is 32.0 Å². The third-order valence-corrected chi connectivity index (χ3v) is 3.95. The summed E-state index contributed by atoms with van der Waals surface area (Å²) in [4.78, 5) is 12.9. The van der Waals surface area contributed by atoms with Crippen molar-refractivity contribution in [2.75, 3.05) is 11.9 Å². The van der Waals surface area contributed by atoms with E-state index in [1.807, 2.05) is 29.6 Å². The van der Waals surface area contributed by atoms with Crippen molar-refractivity contribution in [1.82, 2.24) is 5.32 Å². The van der Waals surface area contributed by atoms with Gasteiger partial charge in [-0.25, -0.2) is 0 Å². The van der Waals surface area contributed by atoms with Crippen molar-refractivity contribution in [3.8, 4) is 0 Å². The highest BCUT2D eigenvalue weighted by Gasteiger charge is 2.03. The second-order valence-electron chi connectivity index (χ2n) is 4.99. The summed E-state index contributed by atoms with van der Waals surface area (Å²) in [6, 6.07) is 12.2. The largest absolute Gasteiger partial charge is 0.376 e. The highest BCUT2D eigenvalue weighted by molar-refractivity contribution is 7.09. The van der Waals surface area contributed by atoms with E-state index in [1.165, 1.54) is 10.4 Å². The minimum absolute atomic E-state index is 0.00587. The first-order valence-corrected chi connectivity index (χ1v) is 7.66. The summed E-state index contributed by atoms with van der Waals surface area (Å²) in [6.45, 7) is 5.23. The zero-order valence-corrected chi connectivity index (χ0v) is 12.7. The second kappa shape index (κ2) is 7.10. The Labute approximate surface area is 124 Å². The van der Waals surface area contributed by atoms with Crippen LogP contribution in [0.3, 0.4) is 0 Å². The summed E-state index contributed by atoms with van der Waals surface area (Å²) in [5.74, 6) is 0.532. The van der Waals surface area contributed by atoms with Crippen molar-refractivity contribution in [1.29, 1.82) is 0 Å². The van der Waals surface area contributed by atoms with Gasteiger partial charge in [-0.15, -0.1) is 11.3 Å². The summed E-state index contributed by atoms with van der Waals surface area (Å²) < 4.78 is 0. The topological polar surface area (TPSA) is 41.1 Å². The zero-order valence-electron chi connectivity index (χ0n) is 11.8. The van der Waals surface area contributed by atoms with Crippen LogP contribution in [0.2, 0.25) is 0 Å².